The zero-order valence-corrected chi connectivity index (χ0v) is 42.6. The van der Waals surface area contributed by atoms with Crippen LogP contribution in [0.1, 0.15) is 52.7 Å². The van der Waals surface area contributed by atoms with Crippen molar-refractivity contribution in [3.63, 3.8) is 0 Å². The minimum atomic E-state index is -3.58. The van der Waals surface area contributed by atoms with Crippen LogP contribution in [0.25, 0.3) is 81.3 Å². The van der Waals surface area contributed by atoms with Crippen molar-refractivity contribution in [2.45, 2.75) is 0 Å². The molecular weight excluding hydrogens is 1020 g/mol. The molecule has 0 bridgehead atoms. The first-order chi connectivity index (χ1) is 35.7. The van der Waals surface area contributed by atoms with Crippen LogP contribution in [0.15, 0.2) is 83.6 Å². The highest BCUT2D eigenvalue weighted by Gasteiger charge is 2.43. The van der Waals surface area contributed by atoms with Crippen molar-refractivity contribution in [2.24, 2.45) is 0 Å². The summed E-state index contributed by atoms with van der Waals surface area (Å²) in [7, 11) is 8.55. The smallest absolute Gasteiger partial charge is 0.345 e. The predicted molar refractivity (Wildman–Crippen MR) is 277 cm³/mol. The Morgan fingerprint density at radius 2 is 0.933 bits per heavy atom. The number of thiophene rings is 2. The summed E-state index contributed by atoms with van der Waals surface area (Å²) < 4.78 is 117. The Morgan fingerprint density at radius 3 is 1.39 bits per heavy atom. The number of amides is 4. The molecule has 10 nitrogen and oxygen atoms in total. The van der Waals surface area contributed by atoms with Gasteiger partial charge in [-0.15, -0.1) is 22.7 Å². The Hall–Kier alpha value is -8.10. The third kappa shape index (κ3) is 6.87. The average molecular weight is 1050 g/mol. The first-order valence-electron chi connectivity index (χ1n) is 23.0. The zero-order chi connectivity index (χ0) is 53.5. The fraction of sp³-hybridized carbons (Fsp3) is 0.145. The van der Waals surface area contributed by atoms with E-state index in [0.29, 0.717) is 20.1 Å². The first kappa shape index (κ1) is 49.1. The highest BCUT2D eigenvalue weighted by Crippen LogP contribution is 2.58. The molecule has 3 aromatic heterocycles. The summed E-state index contributed by atoms with van der Waals surface area (Å²) in [5.41, 5.74) is -2.72. The second kappa shape index (κ2) is 17.5. The SMILES string of the molecule is CN(C)C(=O)c1ccc2c3c(ccc(C(=O)N(C)C)c13)-c1c-2c(/C(c2c(F)c(F)c(F)c(F)c2F)=c2\nc(-c3cccs3)c3c4ccc(C(=O)N(C)C)c5c(C(=O)N(C)C)ccc(c2=3)c54)n(B(F)F)c1-c1cccs1. The topological polar surface area (TPSA) is 99.1 Å². The number of carbonyl (C=O) groups excluding carboxylic acids is 4. The van der Waals surface area contributed by atoms with Crippen LogP contribution in [-0.2, 0) is 0 Å². The minimum absolute atomic E-state index is 0.0236. The van der Waals surface area contributed by atoms with Crippen molar-refractivity contribution in [3.05, 3.63) is 162 Å². The molecule has 3 aliphatic rings. The van der Waals surface area contributed by atoms with Gasteiger partial charge in [0.2, 0.25) is 5.82 Å². The van der Waals surface area contributed by atoms with Crippen LogP contribution < -0.4 is 5.35 Å². The fourth-order valence-electron chi connectivity index (χ4n) is 10.6. The summed E-state index contributed by atoms with van der Waals surface area (Å²) >= 11 is 2.24. The molecule has 0 fully saturated rings. The van der Waals surface area contributed by atoms with Gasteiger partial charge < -0.3 is 24.1 Å². The van der Waals surface area contributed by atoms with E-state index in [-0.39, 0.29) is 92.8 Å². The Bertz CT molecular complexity index is 4190. The molecule has 20 heteroatoms. The number of nitrogens with zero attached hydrogens (tertiary/aromatic N) is 6. The van der Waals surface area contributed by atoms with E-state index in [0.717, 1.165) is 11.3 Å². The minimum Gasteiger partial charge on any atom is -0.345 e. The number of benzene rings is 5. The summed E-state index contributed by atoms with van der Waals surface area (Å²) in [5, 5.41) is 4.58. The number of fused-ring (bicyclic) bond motifs is 5. The van der Waals surface area contributed by atoms with E-state index in [2.05, 4.69) is 0 Å². The normalized spacial score (nSPS) is 12.4. The zero-order valence-electron chi connectivity index (χ0n) is 40.9. The van der Waals surface area contributed by atoms with Crippen molar-refractivity contribution >= 4 is 91.6 Å². The molecule has 11 rings (SSSR count). The molecule has 0 radical (unpaired) electrons. The molecule has 0 saturated carbocycles. The van der Waals surface area contributed by atoms with Crippen LogP contribution in [0.4, 0.5) is 30.6 Å². The lowest BCUT2D eigenvalue weighted by Crippen LogP contribution is -2.25. The fourth-order valence-corrected chi connectivity index (χ4v) is 12.1. The van der Waals surface area contributed by atoms with Gasteiger partial charge in [0, 0.05) is 117 Å². The van der Waals surface area contributed by atoms with Crippen LogP contribution in [0.2, 0.25) is 0 Å². The quantitative estimate of drug-likeness (QED) is 0.0621. The molecule has 0 atom stereocenters. The van der Waals surface area contributed by atoms with Gasteiger partial charge in [-0.25, -0.2) is 26.9 Å². The molecule has 4 amide bonds. The maximum absolute atomic E-state index is 17.3. The van der Waals surface area contributed by atoms with Crippen LogP contribution in [-0.4, -0.2) is 116 Å². The van der Waals surface area contributed by atoms with Gasteiger partial charge in [-0.2, -0.15) is 0 Å². The van der Waals surface area contributed by atoms with E-state index in [1.165, 1.54) is 136 Å². The van der Waals surface area contributed by atoms with Crippen LogP contribution in [0.5, 0.6) is 0 Å². The number of hydrogen-bond acceptors (Lipinski definition) is 7. The standard InChI is InChI=1S/C55H38BF7N6O4S2/c1-65(2)52(70)27-17-13-23-33-24(14-18-28(35(27)33)53(71)66(3)4)38-37(23)48(31-11-9-21-74-31)64-49(38)42(41-43(57)45(59)47(61)46(60)44(41)58)51-40-26-16-20-30(55(73)68(7)8)36-29(54(72)67(5)6)19-15-25(34(26)36)39(40)50(69(51)56(62)63)32-12-10-22-75-32/h9-22H,1-8H3/b49-42-. The van der Waals surface area contributed by atoms with E-state index >= 15 is 30.6 Å². The second-order valence-electron chi connectivity index (χ2n) is 18.9. The van der Waals surface area contributed by atoms with Gasteiger partial charge >= 0.3 is 7.40 Å². The van der Waals surface area contributed by atoms with Gasteiger partial charge in [0.05, 0.1) is 37.7 Å². The molecule has 0 unspecified atom stereocenters. The van der Waals surface area contributed by atoms with Crippen LogP contribution in [0.3, 0.4) is 0 Å². The molecule has 376 valence electrons. The number of carbonyl (C=O) groups is 4. The maximum Gasteiger partial charge on any atom is 0.678 e. The van der Waals surface area contributed by atoms with E-state index in [9.17, 15) is 19.2 Å². The summed E-state index contributed by atoms with van der Waals surface area (Å²) in [6.45, 7) is 0. The molecule has 0 spiro atoms. The number of aromatic nitrogens is 2. The van der Waals surface area contributed by atoms with Gasteiger partial charge in [0.25, 0.3) is 23.6 Å². The van der Waals surface area contributed by atoms with Crippen molar-refractivity contribution in [1.29, 1.82) is 0 Å². The summed E-state index contributed by atoms with van der Waals surface area (Å²) in [6.07, 6.45) is 0. The van der Waals surface area contributed by atoms with Crippen molar-refractivity contribution in [2.75, 3.05) is 56.4 Å². The number of hydrogen-bond donors (Lipinski definition) is 0. The lowest BCUT2D eigenvalue weighted by atomic mass is 9.90. The Kier molecular flexibility index (Phi) is 11.5. The lowest BCUT2D eigenvalue weighted by Gasteiger charge is -2.20. The predicted octanol–water partition coefficient (Wildman–Crippen LogP) is 10.9. The van der Waals surface area contributed by atoms with E-state index in [4.69, 9.17) is 4.98 Å². The van der Waals surface area contributed by atoms with Crippen molar-refractivity contribution < 1.29 is 49.8 Å². The highest BCUT2D eigenvalue weighted by molar-refractivity contribution is 7.13. The monoisotopic (exact) mass is 1050 g/mol. The lowest BCUT2D eigenvalue weighted by molar-refractivity contribution is 0.0816. The van der Waals surface area contributed by atoms with Gasteiger partial charge in [-0.05, 0) is 79.8 Å². The van der Waals surface area contributed by atoms with Crippen molar-refractivity contribution in [3.8, 4) is 43.4 Å². The van der Waals surface area contributed by atoms with Gasteiger partial charge in [-0.1, -0.05) is 36.4 Å². The molecule has 5 aromatic carbocycles. The Morgan fingerprint density at radius 1 is 0.507 bits per heavy atom. The summed E-state index contributed by atoms with van der Waals surface area (Å²) in [4.78, 5) is 67.3. The molecule has 8 aromatic rings. The third-order valence-corrected chi connectivity index (χ3v) is 15.5. The highest BCUT2D eigenvalue weighted by atomic mass is 32.1. The molecule has 75 heavy (non-hydrogen) atoms. The van der Waals surface area contributed by atoms with E-state index in [1.807, 2.05) is 0 Å². The van der Waals surface area contributed by atoms with E-state index < -0.39 is 82.3 Å². The molecule has 2 aliphatic carbocycles. The van der Waals surface area contributed by atoms with Gasteiger partial charge in [-0.3, -0.25) is 27.8 Å². The van der Waals surface area contributed by atoms with Gasteiger partial charge in [0.1, 0.15) is 0 Å². The largest absolute Gasteiger partial charge is 0.678 e. The van der Waals surface area contributed by atoms with Crippen LogP contribution >= 0.6 is 22.7 Å². The number of rotatable bonds is 9. The first-order valence-corrected chi connectivity index (χ1v) is 24.8. The van der Waals surface area contributed by atoms with Crippen molar-refractivity contribution in [1.82, 2.24) is 29.1 Å². The molecular formula is C55H38BF7N6O4S2. The Labute approximate surface area is 430 Å². The second-order valence-corrected chi connectivity index (χ2v) is 20.8. The number of halogens is 7. The molecule has 4 heterocycles. The van der Waals surface area contributed by atoms with Gasteiger partial charge in [0.15, 0.2) is 23.3 Å². The Balaban J connectivity index is 1.46. The average Bonchev–Trinajstić information content (AvgIpc) is 4.29. The summed E-state index contributed by atoms with van der Waals surface area (Å²) in [5.74, 6) is -13.9. The van der Waals surface area contributed by atoms with E-state index in [1.54, 1.807) is 35.0 Å². The maximum atomic E-state index is 17.3. The third-order valence-electron chi connectivity index (χ3n) is 13.7. The van der Waals surface area contributed by atoms with Crippen LogP contribution in [0, 0.1) is 39.5 Å². The summed E-state index contributed by atoms with van der Waals surface area (Å²) in [6, 6.07) is 18.5. The molecule has 1 aliphatic heterocycles. The molecule has 0 saturated heterocycles. The molecule has 0 N–H and O–H groups in total.